The van der Waals surface area contributed by atoms with E-state index in [-0.39, 0.29) is 11.1 Å². The van der Waals surface area contributed by atoms with Crippen molar-refractivity contribution in [1.82, 2.24) is 4.98 Å². The maximum atomic E-state index is 6.29. The van der Waals surface area contributed by atoms with E-state index in [1.807, 2.05) is 18.2 Å². The normalized spacial score (nSPS) is 14.7. The van der Waals surface area contributed by atoms with Crippen LogP contribution in [0.1, 0.15) is 32.6 Å². The summed E-state index contributed by atoms with van der Waals surface area (Å²) in [7, 11) is -1.79. The lowest BCUT2D eigenvalue weighted by Gasteiger charge is -2.38. The van der Waals surface area contributed by atoms with E-state index in [9.17, 15) is 0 Å². The highest BCUT2D eigenvalue weighted by Crippen LogP contribution is 2.39. The van der Waals surface area contributed by atoms with Crippen molar-refractivity contribution in [2.45, 2.75) is 45.0 Å². The molecule has 0 aromatic carbocycles. The SMILES string of the molecule is CC(C)(C)[Si](C)(C)OC(CN)c1ccccn1. The van der Waals surface area contributed by atoms with E-state index < -0.39 is 8.32 Å². The van der Waals surface area contributed by atoms with Crippen molar-refractivity contribution in [1.29, 1.82) is 0 Å². The smallest absolute Gasteiger partial charge is 0.193 e. The minimum atomic E-state index is -1.79. The van der Waals surface area contributed by atoms with Crippen molar-refractivity contribution in [3.05, 3.63) is 30.1 Å². The van der Waals surface area contributed by atoms with E-state index in [0.717, 1.165) is 5.69 Å². The van der Waals surface area contributed by atoms with Crippen LogP contribution in [0.3, 0.4) is 0 Å². The predicted molar refractivity (Wildman–Crippen MR) is 74.3 cm³/mol. The summed E-state index contributed by atoms with van der Waals surface area (Å²) in [5.74, 6) is 0. The van der Waals surface area contributed by atoms with Crippen LogP contribution >= 0.6 is 0 Å². The van der Waals surface area contributed by atoms with E-state index in [1.54, 1.807) is 6.20 Å². The average Bonchev–Trinajstić information content (AvgIpc) is 2.25. The van der Waals surface area contributed by atoms with E-state index in [1.165, 1.54) is 0 Å². The highest BCUT2D eigenvalue weighted by atomic mass is 28.4. The van der Waals surface area contributed by atoms with E-state index in [4.69, 9.17) is 10.2 Å². The first-order valence-corrected chi connectivity index (χ1v) is 8.97. The quantitative estimate of drug-likeness (QED) is 0.838. The Labute approximate surface area is 106 Å². The Morgan fingerprint density at radius 3 is 2.41 bits per heavy atom. The van der Waals surface area contributed by atoms with Crippen LogP contribution < -0.4 is 5.73 Å². The monoisotopic (exact) mass is 252 g/mol. The second kappa shape index (κ2) is 5.29. The fourth-order valence-electron chi connectivity index (χ4n) is 1.33. The zero-order valence-electron chi connectivity index (χ0n) is 11.5. The third-order valence-electron chi connectivity index (χ3n) is 3.47. The van der Waals surface area contributed by atoms with Crippen LogP contribution in [-0.4, -0.2) is 19.8 Å². The minimum absolute atomic E-state index is 0.0860. The van der Waals surface area contributed by atoms with Gasteiger partial charge in [0.15, 0.2) is 8.32 Å². The molecule has 1 aromatic rings. The molecule has 1 heterocycles. The summed E-state index contributed by atoms with van der Waals surface area (Å²) in [5.41, 5.74) is 6.74. The Hall–Kier alpha value is -0.713. The van der Waals surface area contributed by atoms with Crippen molar-refractivity contribution >= 4 is 8.32 Å². The van der Waals surface area contributed by atoms with Gasteiger partial charge in [-0.2, -0.15) is 0 Å². The Kier molecular flexibility index (Phi) is 4.46. The molecule has 0 aliphatic carbocycles. The highest BCUT2D eigenvalue weighted by molar-refractivity contribution is 6.74. The molecule has 1 atom stereocenters. The van der Waals surface area contributed by atoms with Crippen molar-refractivity contribution in [2.24, 2.45) is 5.73 Å². The molecule has 3 nitrogen and oxygen atoms in total. The van der Waals surface area contributed by atoms with E-state index in [0.29, 0.717) is 6.54 Å². The number of rotatable bonds is 4. The summed E-state index contributed by atoms with van der Waals surface area (Å²) < 4.78 is 6.29. The minimum Gasteiger partial charge on any atom is -0.407 e. The number of hydrogen-bond donors (Lipinski definition) is 1. The molecule has 0 saturated carbocycles. The first-order chi connectivity index (χ1) is 7.78. The van der Waals surface area contributed by atoms with E-state index in [2.05, 4.69) is 38.8 Å². The molecule has 4 heteroatoms. The molecule has 0 spiro atoms. The second-order valence-corrected chi connectivity index (χ2v) is 10.6. The number of aromatic nitrogens is 1. The van der Waals surface area contributed by atoms with Gasteiger partial charge in [0.05, 0.1) is 11.8 Å². The Balaban J connectivity index is 2.85. The highest BCUT2D eigenvalue weighted by Gasteiger charge is 2.39. The summed E-state index contributed by atoms with van der Waals surface area (Å²) in [6.07, 6.45) is 1.70. The molecule has 0 aliphatic rings. The van der Waals surface area contributed by atoms with Crippen molar-refractivity contribution < 1.29 is 4.43 Å². The average molecular weight is 252 g/mol. The second-order valence-electron chi connectivity index (χ2n) is 5.86. The van der Waals surface area contributed by atoms with Gasteiger partial charge in [0.1, 0.15) is 0 Å². The third-order valence-corrected chi connectivity index (χ3v) is 7.96. The first-order valence-electron chi connectivity index (χ1n) is 6.07. The van der Waals surface area contributed by atoms with Crippen LogP contribution in [-0.2, 0) is 4.43 Å². The van der Waals surface area contributed by atoms with Gasteiger partial charge in [0, 0.05) is 12.7 Å². The van der Waals surface area contributed by atoms with Gasteiger partial charge in [-0.1, -0.05) is 26.8 Å². The number of hydrogen-bond acceptors (Lipinski definition) is 3. The van der Waals surface area contributed by atoms with Gasteiger partial charge in [0.2, 0.25) is 0 Å². The zero-order chi connectivity index (χ0) is 13.1. The molecule has 0 saturated heterocycles. The molecule has 1 aromatic heterocycles. The van der Waals surface area contributed by atoms with Crippen LogP contribution in [0, 0.1) is 0 Å². The van der Waals surface area contributed by atoms with Crippen molar-refractivity contribution in [2.75, 3.05) is 6.54 Å². The molecule has 1 rings (SSSR count). The summed E-state index contributed by atoms with van der Waals surface area (Å²) >= 11 is 0. The molecule has 96 valence electrons. The van der Waals surface area contributed by atoms with E-state index >= 15 is 0 Å². The molecule has 0 aliphatic heterocycles. The molecular weight excluding hydrogens is 228 g/mol. The van der Waals surface area contributed by atoms with Gasteiger partial charge in [-0.25, -0.2) is 0 Å². The zero-order valence-corrected chi connectivity index (χ0v) is 12.5. The summed E-state index contributed by atoms with van der Waals surface area (Å²) in [4.78, 5) is 4.33. The fourth-order valence-corrected chi connectivity index (χ4v) is 2.61. The number of nitrogens with zero attached hydrogens (tertiary/aromatic N) is 1. The van der Waals surface area contributed by atoms with Crippen molar-refractivity contribution in [3.63, 3.8) is 0 Å². The maximum Gasteiger partial charge on any atom is 0.193 e. The Morgan fingerprint density at radius 1 is 1.35 bits per heavy atom. The summed E-state index contributed by atoms with van der Waals surface area (Å²) in [5, 5.41) is 0.190. The van der Waals surface area contributed by atoms with Gasteiger partial charge >= 0.3 is 0 Å². The van der Waals surface area contributed by atoms with Crippen LogP contribution in [0.25, 0.3) is 0 Å². The number of nitrogens with two attached hydrogens (primary N) is 1. The Bertz CT molecular complexity index is 346. The lowest BCUT2D eigenvalue weighted by Crippen LogP contribution is -2.43. The molecule has 0 amide bonds. The molecule has 17 heavy (non-hydrogen) atoms. The molecule has 0 fully saturated rings. The largest absolute Gasteiger partial charge is 0.407 e. The topological polar surface area (TPSA) is 48.1 Å². The van der Waals surface area contributed by atoms with Gasteiger partial charge in [-0.3, -0.25) is 4.98 Å². The predicted octanol–water partition coefficient (Wildman–Crippen LogP) is 3.10. The summed E-state index contributed by atoms with van der Waals surface area (Å²) in [6.45, 7) is 11.6. The molecule has 2 N–H and O–H groups in total. The molecule has 0 radical (unpaired) electrons. The third kappa shape index (κ3) is 3.62. The molecule has 0 bridgehead atoms. The van der Waals surface area contributed by atoms with Crippen LogP contribution in [0.2, 0.25) is 18.1 Å². The standard InChI is InChI=1S/C13H24N2OSi/c1-13(2,3)17(4,5)16-12(10-14)11-8-6-7-9-15-11/h6-9,12H,10,14H2,1-5H3. The molecular formula is C13H24N2OSi. The van der Waals surface area contributed by atoms with Gasteiger partial charge in [-0.05, 0) is 30.3 Å². The van der Waals surface area contributed by atoms with Crippen LogP contribution in [0.4, 0.5) is 0 Å². The van der Waals surface area contributed by atoms with Gasteiger partial charge in [-0.15, -0.1) is 0 Å². The van der Waals surface area contributed by atoms with Gasteiger partial charge < -0.3 is 10.2 Å². The fraction of sp³-hybridized carbons (Fsp3) is 0.615. The van der Waals surface area contributed by atoms with Gasteiger partial charge in [0.25, 0.3) is 0 Å². The van der Waals surface area contributed by atoms with Crippen molar-refractivity contribution in [3.8, 4) is 0 Å². The first kappa shape index (κ1) is 14.3. The van der Waals surface area contributed by atoms with Crippen LogP contribution in [0.5, 0.6) is 0 Å². The lowest BCUT2D eigenvalue weighted by atomic mass is 10.2. The Morgan fingerprint density at radius 2 is 2.00 bits per heavy atom. The maximum absolute atomic E-state index is 6.29. The molecule has 1 unspecified atom stereocenters. The summed E-state index contributed by atoms with van der Waals surface area (Å²) in [6, 6.07) is 5.86. The van der Waals surface area contributed by atoms with Crippen LogP contribution in [0.15, 0.2) is 24.4 Å². The lowest BCUT2D eigenvalue weighted by molar-refractivity contribution is 0.187. The number of pyridine rings is 1.